The molecule has 3 heteroatoms. The van der Waals surface area contributed by atoms with Gasteiger partial charge in [-0.15, -0.1) is 0 Å². The summed E-state index contributed by atoms with van der Waals surface area (Å²) in [6.45, 7) is 7.43. The zero-order valence-electron chi connectivity index (χ0n) is 12.2. The number of nitrogens with zero attached hydrogens (tertiary/aromatic N) is 1. The van der Waals surface area contributed by atoms with Gasteiger partial charge < -0.3 is 15.4 Å². The van der Waals surface area contributed by atoms with Crippen LogP contribution in [-0.4, -0.2) is 19.7 Å². The van der Waals surface area contributed by atoms with Crippen molar-refractivity contribution >= 4 is 11.4 Å². The molecule has 2 rings (SSSR count). The summed E-state index contributed by atoms with van der Waals surface area (Å²) in [6.07, 6.45) is 4.94. The number of hydrogen-bond donors (Lipinski definition) is 1. The first-order valence-corrected chi connectivity index (χ1v) is 7.51. The molecule has 3 nitrogen and oxygen atoms in total. The molecule has 1 aromatic rings. The molecular formula is C16H26N2O. The van der Waals surface area contributed by atoms with E-state index >= 15 is 0 Å². The Morgan fingerprint density at radius 2 is 2.16 bits per heavy atom. The van der Waals surface area contributed by atoms with Crippen molar-refractivity contribution in [2.24, 2.45) is 5.92 Å². The summed E-state index contributed by atoms with van der Waals surface area (Å²) < 4.78 is 5.71. The number of hydrogen-bond acceptors (Lipinski definition) is 3. The van der Waals surface area contributed by atoms with Gasteiger partial charge in [-0.25, -0.2) is 0 Å². The fourth-order valence-corrected chi connectivity index (χ4v) is 2.77. The molecule has 0 amide bonds. The summed E-state index contributed by atoms with van der Waals surface area (Å²) in [5, 5.41) is 0. The topological polar surface area (TPSA) is 38.5 Å². The molecule has 0 spiro atoms. The van der Waals surface area contributed by atoms with Crippen LogP contribution in [0.15, 0.2) is 18.2 Å². The van der Waals surface area contributed by atoms with E-state index in [4.69, 9.17) is 10.5 Å². The van der Waals surface area contributed by atoms with E-state index < -0.39 is 0 Å². The van der Waals surface area contributed by atoms with Gasteiger partial charge in [0, 0.05) is 24.8 Å². The Bertz CT molecular complexity index is 406. The van der Waals surface area contributed by atoms with Gasteiger partial charge in [0.15, 0.2) is 0 Å². The summed E-state index contributed by atoms with van der Waals surface area (Å²) in [5.41, 5.74) is 7.95. The lowest BCUT2D eigenvalue weighted by Crippen LogP contribution is -2.19. The van der Waals surface area contributed by atoms with Gasteiger partial charge in [-0.3, -0.25) is 0 Å². The van der Waals surface area contributed by atoms with Gasteiger partial charge in [-0.05, 0) is 37.3 Å². The summed E-state index contributed by atoms with van der Waals surface area (Å²) in [4.78, 5) is 2.46. The van der Waals surface area contributed by atoms with E-state index in [1.807, 2.05) is 6.07 Å². The third-order valence-electron chi connectivity index (χ3n) is 3.81. The molecule has 1 unspecified atom stereocenters. The van der Waals surface area contributed by atoms with Crippen LogP contribution in [0.2, 0.25) is 0 Å². The maximum absolute atomic E-state index is 5.96. The third kappa shape index (κ3) is 3.55. The molecule has 0 saturated carbocycles. The van der Waals surface area contributed by atoms with Crippen LogP contribution in [0.25, 0.3) is 0 Å². The minimum Gasteiger partial charge on any atom is -0.491 e. The number of ether oxygens (including phenoxy) is 1. The molecule has 0 aliphatic carbocycles. The Hall–Kier alpha value is -1.38. The van der Waals surface area contributed by atoms with Crippen LogP contribution in [-0.2, 0) is 0 Å². The van der Waals surface area contributed by atoms with Crippen LogP contribution in [0.5, 0.6) is 5.75 Å². The maximum atomic E-state index is 5.96. The average Bonchev–Trinajstić information content (AvgIpc) is 2.87. The Balaban J connectivity index is 2.04. The Labute approximate surface area is 116 Å². The molecule has 1 aromatic carbocycles. The van der Waals surface area contributed by atoms with Crippen molar-refractivity contribution in [2.75, 3.05) is 30.3 Å². The molecule has 1 atom stereocenters. The lowest BCUT2D eigenvalue weighted by atomic mass is 10.0. The van der Waals surface area contributed by atoms with E-state index in [0.717, 1.165) is 36.9 Å². The second kappa shape index (κ2) is 6.69. The van der Waals surface area contributed by atoms with Crippen LogP contribution in [0.3, 0.4) is 0 Å². The van der Waals surface area contributed by atoms with Crippen molar-refractivity contribution in [3.63, 3.8) is 0 Å². The van der Waals surface area contributed by atoms with Crippen LogP contribution >= 0.6 is 0 Å². The average molecular weight is 262 g/mol. The van der Waals surface area contributed by atoms with E-state index in [-0.39, 0.29) is 0 Å². The molecule has 0 aromatic heterocycles. The normalized spacial score (nSPS) is 18.8. The fraction of sp³-hybridized carbons (Fsp3) is 0.625. The number of nitrogens with two attached hydrogens (primary N) is 1. The lowest BCUT2D eigenvalue weighted by molar-refractivity contribution is 0.319. The van der Waals surface area contributed by atoms with E-state index in [2.05, 4.69) is 30.9 Å². The minimum atomic E-state index is 0.728. The zero-order valence-corrected chi connectivity index (χ0v) is 12.2. The largest absolute Gasteiger partial charge is 0.491 e. The number of anilines is 2. The summed E-state index contributed by atoms with van der Waals surface area (Å²) in [7, 11) is 0. The first-order valence-electron chi connectivity index (χ1n) is 7.51. The van der Waals surface area contributed by atoms with Gasteiger partial charge in [0.05, 0.1) is 12.3 Å². The Morgan fingerprint density at radius 3 is 2.89 bits per heavy atom. The summed E-state index contributed by atoms with van der Waals surface area (Å²) in [5.74, 6) is 1.68. The molecule has 19 heavy (non-hydrogen) atoms. The first kappa shape index (κ1) is 14.0. The van der Waals surface area contributed by atoms with Crippen LogP contribution < -0.4 is 15.4 Å². The number of benzene rings is 1. The Morgan fingerprint density at radius 1 is 1.32 bits per heavy atom. The van der Waals surface area contributed by atoms with Crippen LogP contribution in [0, 0.1) is 5.92 Å². The summed E-state index contributed by atoms with van der Waals surface area (Å²) >= 11 is 0. The molecule has 1 aliphatic heterocycles. The smallest absolute Gasteiger partial charge is 0.144 e. The highest BCUT2D eigenvalue weighted by molar-refractivity contribution is 5.62. The molecule has 106 valence electrons. The van der Waals surface area contributed by atoms with Crippen molar-refractivity contribution in [1.82, 2.24) is 0 Å². The van der Waals surface area contributed by atoms with Crippen molar-refractivity contribution in [3.8, 4) is 5.75 Å². The van der Waals surface area contributed by atoms with E-state index in [0.29, 0.717) is 0 Å². The fourth-order valence-electron chi connectivity index (χ4n) is 2.77. The van der Waals surface area contributed by atoms with Gasteiger partial charge in [0.2, 0.25) is 0 Å². The van der Waals surface area contributed by atoms with Crippen molar-refractivity contribution in [3.05, 3.63) is 18.2 Å². The molecular weight excluding hydrogens is 236 g/mol. The van der Waals surface area contributed by atoms with E-state index in [1.165, 1.54) is 31.5 Å². The van der Waals surface area contributed by atoms with Gasteiger partial charge in [0.25, 0.3) is 0 Å². The van der Waals surface area contributed by atoms with Crippen molar-refractivity contribution in [1.29, 1.82) is 0 Å². The van der Waals surface area contributed by atoms with Gasteiger partial charge in [-0.1, -0.05) is 20.3 Å². The monoisotopic (exact) mass is 262 g/mol. The van der Waals surface area contributed by atoms with Gasteiger partial charge >= 0.3 is 0 Å². The maximum Gasteiger partial charge on any atom is 0.144 e. The zero-order chi connectivity index (χ0) is 13.7. The molecule has 1 saturated heterocycles. The second-order valence-corrected chi connectivity index (χ2v) is 5.46. The van der Waals surface area contributed by atoms with Crippen molar-refractivity contribution in [2.45, 2.75) is 39.5 Å². The van der Waals surface area contributed by atoms with E-state index in [1.54, 1.807) is 0 Å². The number of nitrogen functional groups attached to an aromatic ring is 1. The highest BCUT2D eigenvalue weighted by Crippen LogP contribution is 2.32. The van der Waals surface area contributed by atoms with E-state index in [9.17, 15) is 0 Å². The Kier molecular flexibility index (Phi) is 4.94. The predicted octanol–water partition coefficient (Wildman–Crippen LogP) is 3.68. The highest BCUT2D eigenvalue weighted by Gasteiger charge is 2.22. The van der Waals surface area contributed by atoms with Crippen LogP contribution in [0.4, 0.5) is 11.4 Å². The SMILES string of the molecule is CCCOc1cc(N2CCC(CCC)C2)ccc1N. The summed E-state index contributed by atoms with van der Waals surface area (Å²) in [6, 6.07) is 6.18. The molecule has 1 aliphatic rings. The first-order chi connectivity index (χ1) is 9.24. The lowest BCUT2D eigenvalue weighted by Gasteiger charge is -2.20. The van der Waals surface area contributed by atoms with Gasteiger partial charge in [-0.2, -0.15) is 0 Å². The minimum absolute atomic E-state index is 0.728. The van der Waals surface area contributed by atoms with Crippen LogP contribution in [0.1, 0.15) is 39.5 Å². The standard InChI is InChI=1S/C16H26N2O/c1-3-5-13-8-9-18(12-13)14-6-7-15(17)16(11-14)19-10-4-2/h6-7,11,13H,3-5,8-10,12,17H2,1-2H3. The molecule has 2 N–H and O–H groups in total. The quantitative estimate of drug-likeness (QED) is 0.795. The third-order valence-corrected chi connectivity index (χ3v) is 3.81. The molecule has 1 fully saturated rings. The predicted molar refractivity (Wildman–Crippen MR) is 81.9 cm³/mol. The molecule has 1 heterocycles. The number of rotatable bonds is 6. The second-order valence-electron chi connectivity index (χ2n) is 5.46. The molecule has 0 radical (unpaired) electrons. The molecule has 0 bridgehead atoms. The highest BCUT2D eigenvalue weighted by atomic mass is 16.5. The van der Waals surface area contributed by atoms with Crippen molar-refractivity contribution < 1.29 is 4.74 Å². The van der Waals surface area contributed by atoms with Gasteiger partial charge in [0.1, 0.15) is 5.75 Å².